The van der Waals surface area contributed by atoms with E-state index >= 15 is 0 Å². The maximum atomic E-state index is 11.7. The van der Waals surface area contributed by atoms with Crippen LogP contribution in [0.5, 0.6) is 0 Å². The van der Waals surface area contributed by atoms with Gasteiger partial charge in [-0.25, -0.2) is 0 Å². The molecule has 2 N–H and O–H groups in total. The van der Waals surface area contributed by atoms with Gasteiger partial charge in [-0.15, -0.1) is 0 Å². The molecular formula is C10H20N2O2S. The van der Waals surface area contributed by atoms with Crippen molar-refractivity contribution in [3.05, 3.63) is 0 Å². The first-order chi connectivity index (χ1) is 7.20. The second kappa shape index (κ2) is 6.95. The third-order valence-electron chi connectivity index (χ3n) is 2.57. The lowest BCUT2D eigenvalue weighted by Crippen LogP contribution is -2.44. The lowest BCUT2D eigenvalue weighted by molar-refractivity contribution is -0.123. The Morgan fingerprint density at radius 2 is 2.27 bits per heavy atom. The van der Waals surface area contributed by atoms with Crippen molar-refractivity contribution in [2.24, 2.45) is 0 Å². The minimum Gasteiger partial charge on any atom is -0.354 e. The lowest BCUT2D eigenvalue weighted by Gasteiger charge is -2.15. The quantitative estimate of drug-likeness (QED) is 0.718. The fourth-order valence-corrected chi connectivity index (χ4v) is 2.08. The smallest absolute Gasteiger partial charge is 0.237 e. The van der Waals surface area contributed by atoms with Crippen LogP contribution in [-0.2, 0) is 15.6 Å². The second-order valence-electron chi connectivity index (χ2n) is 3.92. The average molecular weight is 232 g/mol. The molecule has 0 aromatic rings. The summed E-state index contributed by atoms with van der Waals surface area (Å²) in [5.41, 5.74) is 0. The Bertz CT molecular complexity index is 225. The predicted molar refractivity (Wildman–Crippen MR) is 62.2 cm³/mol. The van der Waals surface area contributed by atoms with E-state index in [1.165, 1.54) is 6.42 Å². The van der Waals surface area contributed by atoms with E-state index in [0.717, 1.165) is 25.8 Å². The number of carbonyl (C=O) groups is 1. The van der Waals surface area contributed by atoms with Crippen LogP contribution >= 0.6 is 0 Å². The Kier molecular flexibility index (Phi) is 5.86. The van der Waals surface area contributed by atoms with Gasteiger partial charge in [-0.05, 0) is 19.4 Å². The molecule has 1 saturated heterocycles. The van der Waals surface area contributed by atoms with E-state index in [9.17, 15) is 9.00 Å². The summed E-state index contributed by atoms with van der Waals surface area (Å²) >= 11 is 0. The molecule has 5 heteroatoms. The summed E-state index contributed by atoms with van der Waals surface area (Å²) in [4.78, 5) is 11.7. The first-order valence-corrected chi connectivity index (χ1v) is 7.24. The molecule has 88 valence electrons. The van der Waals surface area contributed by atoms with Crippen molar-refractivity contribution in [3.63, 3.8) is 0 Å². The van der Waals surface area contributed by atoms with Crippen LogP contribution in [0.4, 0.5) is 0 Å². The molecule has 1 rings (SSSR count). The highest BCUT2D eigenvalue weighted by atomic mass is 32.2. The second-order valence-corrected chi connectivity index (χ2v) is 5.48. The highest BCUT2D eigenvalue weighted by molar-refractivity contribution is 7.84. The molecule has 1 fully saturated rings. The monoisotopic (exact) mass is 232 g/mol. The van der Waals surface area contributed by atoms with Crippen molar-refractivity contribution < 1.29 is 9.00 Å². The molecule has 0 bridgehead atoms. The molecule has 2 atom stereocenters. The van der Waals surface area contributed by atoms with Crippen LogP contribution in [0.15, 0.2) is 0 Å². The standard InChI is InChI=1S/C10H20N2O2S/c1-15(14)8-7-12-10(13)9-5-3-2-4-6-11-9/h9,11H,2-8H2,1H3,(H,12,13). The van der Waals surface area contributed by atoms with Gasteiger partial charge in [-0.3, -0.25) is 9.00 Å². The first-order valence-electron chi connectivity index (χ1n) is 5.51. The summed E-state index contributed by atoms with van der Waals surface area (Å²) in [6, 6.07) is -0.0437. The Morgan fingerprint density at radius 3 is 3.00 bits per heavy atom. The SMILES string of the molecule is CS(=O)CCNC(=O)C1CCCCCN1. The van der Waals surface area contributed by atoms with Gasteiger partial charge in [0.05, 0.1) is 6.04 Å². The molecule has 1 aliphatic heterocycles. The van der Waals surface area contributed by atoms with Gasteiger partial charge in [0, 0.05) is 29.4 Å². The molecule has 0 aliphatic carbocycles. The van der Waals surface area contributed by atoms with Crippen LogP contribution in [0.25, 0.3) is 0 Å². The van der Waals surface area contributed by atoms with Crippen molar-refractivity contribution in [2.45, 2.75) is 31.7 Å². The maximum Gasteiger partial charge on any atom is 0.237 e. The van der Waals surface area contributed by atoms with Gasteiger partial charge in [0.15, 0.2) is 0 Å². The molecule has 15 heavy (non-hydrogen) atoms. The van der Waals surface area contributed by atoms with E-state index in [1.807, 2.05) is 0 Å². The molecule has 0 aromatic carbocycles. The van der Waals surface area contributed by atoms with Gasteiger partial charge in [-0.2, -0.15) is 0 Å². The first kappa shape index (κ1) is 12.6. The fourth-order valence-electron chi connectivity index (χ4n) is 1.69. The number of hydrogen-bond acceptors (Lipinski definition) is 3. The zero-order valence-electron chi connectivity index (χ0n) is 9.25. The van der Waals surface area contributed by atoms with Crippen LogP contribution in [0, 0.1) is 0 Å². The molecule has 0 aromatic heterocycles. The summed E-state index contributed by atoms with van der Waals surface area (Å²) in [5, 5.41) is 6.05. The molecule has 1 aliphatic rings. The molecule has 0 saturated carbocycles. The largest absolute Gasteiger partial charge is 0.354 e. The van der Waals surface area contributed by atoms with Crippen molar-refractivity contribution >= 4 is 16.7 Å². The third kappa shape index (κ3) is 5.28. The number of hydrogen-bond donors (Lipinski definition) is 2. The average Bonchev–Trinajstić information content (AvgIpc) is 2.44. The predicted octanol–water partition coefficient (Wildman–Crippen LogP) is 0.0133. The highest BCUT2D eigenvalue weighted by Crippen LogP contribution is 2.08. The molecule has 1 heterocycles. The Labute approximate surface area is 93.7 Å². The van der Waals surface area contributed by atoms with E-state index < -0.39 is 10.8 Å². The molecule has 0 spiro atoms. The summed E-state index contributed by atoms with van der Waals surface area (Å²) in [7, 11) is -0.825. The number of nitrogens with one attached hydrogen (secondary N) is 2. The number of rotatable bonds is 4. The normalized spacial score (nSPS) is 24.2. The molecule has 4 nitrogen and oxygen atoms in total. The van der Waals surface area contributed by atoms with Crippen LogP contribution in [-0.4, -0.2) is 41.3 Å². The van der Waals surface area contributed by atoms with Gasteiger partial charge in [0.25, 0.3) is 0 Å². The van der Waals surface area contributed by atoms with Crippen LogP contribution in [0.3, 0.4) is 0 Å². The van der Waals surface area contributed by atoms with Gasteiger partial charge in [0.1, 0.15) is 0 Å². The third-order valence-corrected chi connectivity index (χ3v) is 3.34. The minimum absolute atomic E-state index is 0.0437. The van der Waals surface area contributed by atoms with E-state index in [-0.39, 0.29) is 11.9 Å². The summed E-state index contributed by atoms with van der Waals surface area (Å²) < 4.78 is 10.8. The summed E-state index contributed by atoms with van der Waals surface area (Å²) in [6.45, 7) is 1.44. The topological polar surface area (TPSA) is 58.2 Å². The molecule has 1 amide bonds. The summed E-state index contributed by atoms with van der Waals surface area (Å²) in [5.74, 6) is 0.598. The van der Waals surface area contributed by atoms with Crippen LogP contribution < -0.4 is 10.6 Å². The Balaban J connectivity index is 2.22. The number of amides is 1. The van der Waals surface area contributed by atoms with E-state index in [4.69, 9.17) is 0 Å². The Hall–Kier alpha value is -0.420. The maximum absolute atomic E-state index is 11.7. The van der Waals surface area contributed by atoms with Gasteiger partial charge in [0.2, 0.25) is 5.91 Å². The van der Waals surface area contributed by atoms with Crippen LogP contribution in [0.1, 0.15) is 25.7 Å². The fraction of sp³-hybridized carbons (Fsp3) is 0.900. The number of carbonyl (C=O) groups excluding carboxylic acids is 1. The zero-order chi connectivity index (χ0) is 11.1. The minimum atomic E-state index is -0.825. The van der Waals surface area contributed by atoms with E-state index in [2.05, 4.69) is 10.6 Å². The van der Waals surface area contributed by atoms with E-state index in [0.29, 0.717) is 12.3 Å². The molecular weight excluding hydrogens is 212 g/mol. The lowest BCUT2D eigenvalue weighted by atomic mass is 10.1. The van der Waals surface area contributed by atoms with Crippen molar-refractivity contribution in [1.29, 1.82) is 0 Å². The van der Waals surface area contributed by atoms with Gasteiger partial charge in [-0.1, -0.05) is 12.8 Å². The molecule has 2 unspecified atom stereocenters. The van der Waals surface area contributed by atoms with Crippen molar-refractivity contribution in [2.75, 3.05) is 25.1 Å². The van der Waals surface area contributed by atoms with Crippen molar-refractivity contribution in [3.8, 4) is 0 Å². The zero-order valence-corrected chi connectivity index (χ0v) is 10.1. The van der Waals surface area contributed by atoms with E-state index in [1.54, 1.807) is 6.26 Å². The summed E-state index contributed by atoms with van der Waals surface area (Å²) in [6.07, 6.45) is 6.04. The van der Waals surface area contributed by atoms with Crippen LogP contribution in [0.2, 0.25) is 0 Å². The highest BCUT2D eigenvalue weighted by Gasteiger charge is 2.18. The molecule has 0 radical (unpaired) electrons. The van der Waals surface area contributed by atoms with Crippen molar-refractivity contribution in [1.82, 2.24) is 10.6 Å². The Morgan fingerprint density at radius 1 is 1.47 bits per heavy atom. The van der Waals surface area contributed by atoms with Gasteiger partial charge >= 0.3 is 0 Å². The van der Waals surface area contributed by atoms with Gasteiger partial charge < -0.3 is 10.6 Å².